The first-order chi connectivity index (χ1) is 12.4. The summed E-state index contributed by atoms with van der Waals surface area (Å²) in [7, 11) is 2.86. The molecule has 8 heteroatoms. The Hall–Kier alpha value is -2.25. The molecule has 0 saturated carbocycles. The van der Waals surface area contributed by atoms with Gasteiger partial charge in [-0.15, -0.1) is 0 Å². The van der Waals surface area contributed by atoms with E-state index in [0.717, 1.165) is 10.0 Å². The average molecular weight is 443 g/mol. The third-order valence-electron chi connectivity index (χ3n) is 3.51. The molecule has 0 aliphatic heterocycles. The Labute approximate surface area is 164 Å². The number of rotatable bonds is 6. The van der Waals surface area contributed by atoms with Crippen molar-refractivity contribution in [1.29, 1.82) is 0 Å². The Morgan fingerprint density at radius 1 is 1.15 bits per heavy atom. The van der Waals surface area contributed by atoms with Gasteiger partial charge in [0.1, 0.15) is 17.1 Å². The van der Waals surface area contributed by atoms with Crippen molar-refractivity contribution in [2.75, 3.05) is 26.1 Å². The highest BCUT2D eigenvalue weighted by molar-refractivity contribution is 9.10. The maximum absolute atomic E-state index is 12.3. The zero-order valence-corrected chi connectivity index (χ0v) is 16.7. The quantitative estimate of drug-likeness (QED) is 0.678. The minimum absolute atomic E-state index is 0.119. The molecule has 0 radical (unpaired) electrons. The summed E-state index contributed by atoms with van der Waals surface area (Å²) in [5.41, 5.74) is 1.47. The van der Waals surface area contributed by atoms with E-state index in [0.29, 0.717) is 22.2 Å². The molecule has 0 heterocycles. The number of esters is 1. The first-order valence-electron chi connectivity index (χ1n) is 7.51. The van der Waals surface area contributed by atoms with Crippen LogP contribution in [0.1, 0.15) is 15.9 Å². The minimum Gasteiger partial charge on any atom is -0.496 e. The predicted octanol–water partition coefficient (Wildman–Crippen LogP) is 4.22. The van der Waals surface area contributed by atoms with E-state index in [1.807, 2.05) is 6.92 Å². The van der Waals surface area contributed by atoms with Gasteiger partial charge in [0.25, 0.3) is 5.91 Å². The summed E-state index contributed by atoms with van der Waals surface area (Å²) in [6.45, 7) is 1.36. The van der Waals surface area contributed by atoms with E-state index in [4.69, 9.17) is 25.8 Å². The second kappa shape index (κ2) is 8.91. The Morgan fingerprint density at radius 2 is 1.77 bits per heavy atom. The fourth-order valence-electron chi connectivity index (χ4n) is 2.22. The normalized spacial score (nSPS) is 10.2. The second-order valence-electron chi connectivity index (χ2n) is 5.24. The zero-order chi connectivity index (χ0) is 19.3. The van der Waals surface area contributed by atoms with Crippen LogP contribution in [-0.2, 0) is 9.53 Å². The number of amides is 1. The molecule has 1 amide bonds. The summed E-state index contributed by atoms with van der Waals surface area (Å²) < 4.78 is 16.1. The molecule has 2 aromatic carbocycles. The molecule has 0 atom stereocenters. The second-order valence-corrected chi connectivity index (χ2v) is 6.50. The molecule has 1 N–H and O–H groups in total. The highest BCUT2D eigenvalue weighted by Crippen LogP contribution is 2.30. The number of halogens is 2. The largest absolute Gasteiger partial charge is 0.496 e. The van der Waals surface area contributed by atoms with Gasteiger partial charge in [-0.25, -0.2) is 4.79 Å². The van der Waals surface area contributed by atoms with Crippen molar-refractivity contribution in [1.82, 2.24) is 0 Å². The fraction of sp³-hybridized carbons (Fsp3) is 0.222. The topological polar surface area (TPSA) is 73.9 Å². The summed E-state index contributed by atoms with van der Waals surface area (Å²) in [6.07, 6.45) is 0. The van der Waals surface area contributed by atoms with E-state index in [-0.39, 0.29) is 5.56 Å². The number of ether oxygens (including phenoxy) is 3. The molecule has 0 unspecified atom stereocenters. The van der Waals surface area contributed by atoms with Crippen LogP contribution >= 0.6 is 27.5 Å². The number of nitrogens with one attached hydrogen (secondary N) is 1. The number of hydrogen-bond acceptors (Lipinski definition) is 5. The molecular formula is C18H17BrClNO5. The van der Waals surface area contributed by atoms with Crippen molar-refractivity contribution in [3.05, 3.63) is 51.0 Å². The van der Waals surface area contributed by atoms with Crippen molar-refractivity contribution in [2.24, 2.45) is 0 Å². The third-order valence-corrected chi connectivity index (χ3v) is 4.70. The van der Waals surface area contributed by atoms with Crippen LogP contribution in [0.2, 0.25) is 5.02 Å². The molecule has 0 aliphatic carbocycles. The Kier molecular flexibility index (Phi) is 6.88. The van der Waals surface area contributed by atoms with Gasteiger partial charge in [0.2, 0.25) is 0 Å². The minimum atomic E-state index is -0.722. The summed E-state index contributed by atoms with van der Waals surface area (Å²) in [5.74, 6) is -0.621. The molecule has 26 heavy (non-hydrogen) atoms. The lowest BCUT2D eigenvalue weighted by Gasteiger charge is -2.13. The summed E-state index contributed by atoms with van der Waals surface area (Å²) >= 11 is 9.34. The lowest BCUT2D eigenvalue weighted by molar-refractivity contribution is -0.119. The van der Waals surface area contributed by atoms with Crippen LogP contribution in [-0.4, -0.2) is 32.7 Å². The van der Waals surface area contributed by atoms with E-state index in [9.17, 15) is 9.59 Å². The number of carbonyl (C=O) groups excluding carboxylic acids is 2. The molecule has 0 aromatic heterocycles. The summed E-state index contributed by atoms with van der Waals surface area (Å²) in [6, 6.07) is 8.29. The van der Waals surface area contributed by atoms with Gasteiger partial charge >= 0.3 is 5.97 Å². The third kappa shape index (κ3) is 4.68. The molecule has 2 aromatic rings. The molecule has 0 aliphatic rings. The maximum atomic E-state index is 12.3. The van der Waals surface area contributed by atoms with E-state index in [1.165, 1.54) is 14.2 Å². The highest BCUT2D eigenvalue weighted by atomic mass is 79.9. The Bertz CT molecular complexity index is 818. The van der Waals surface area contributed by atoms with Gasteiger partial charge < -0.3 is 19.5 Å². The van der Waals surface area contributed by atoms with Gasteiger partial charge in [-0.05, 0) is 52.7 Å². The molecule has 0 bridgehead atoms. The average Bonchev–Trinajstić information content (AvgIpc) is 2.63. The van der Waals surface area contributed by atoms with Gasteiger partial charge in [0, 0.05) is 10.2 Å². The first kappa shape index (κ1) is 20.1. The molecule has 6 nitrogen and oxygen atoms in total. The smallest absolute Gasteiger partial charge is 0.346 e. The molecule has 2 rings (SSSR count). The number of anilines is 1. The Morgan fingerprint density at radius 3 is 2.35 bits per heavy atom. The van der Waals surface area contributed by atoms with Crippen LogP contribution in [0.4, 0.5) is 5.69 Å². The maximum Gasteiger partial charge on any atom is 0.346 e. The van der Waals surface area contributed by atoms with Gasteiger partial charge in [-0.3, -0.25) is 4.79 Å². The monoisotopic (exact) mass is 441 g/mol. The lowest BCUT2D eigenvalue weighted by atomic mass is 10.2. The van der Waals surface area contributed by atoms with Crippen LogP contribution in [0, 0.1) is 6.92 Å². The Balaban J connectivity index is 2.06. The SMILES string of the molecule is COc1cccc(OC)c1C(=O)OCC(=O)Nc1cc(Cl)c(Br)cc1C. The number of aryl methyl sites for hydroxylation is 1. The van der Waals surface area contributed by atoms with E-state index in [2.05, 4.69) is 21.2 Å². The molecule has 0 saturated heterocycles. The molecular weight excluding hydrogens is 426 g/mol. The van der Waals surface area contributed by atoms with E-state index < -0.39 is 18.5 Å². The fourth-order valence-corrected chi connectivity index (χ4v) is 2.84. The predicted molar refractivity (Wildman–Crippen MR) is 102 cm³/mol. The van der Waals surface area contributed by atoms with Crippen LogP contribution in [0.15, 0.2) is 34.8 Å². The number of carbonyl (C=O) groups is 2. The van der Waals surface area contributed by atoms with E-state index >= 15 is 0 Å². The van der Waals surface area contributed by atoms with Gasteiger partial charge in [0.05, 0.1) is 19.2 Å². The van der Waals surface area contributed by atoms with Crippen molar-refractivity contribution in [2.45, 2.75) is 6.92 Å². The number of methoxy groups -OCH3 is 2. The van der Waals surface area contributed by atoms with Gasteiger partial charge in [-0.1, -0.05) is 17.7 Å². The van der Waals surface area contributed by atoms with Crippen molar-refractivity contribution < 1.29 is 23.8 Å². The van der Waals surface area contributed by atoms with Crippen LogP contribution in [0.5, 0.6) is 11.5 Å². The summed E-state index contributed by atoms with van der Waals surface area (Å²) in [5, 5.41) is 3.12. The van der Waals surface area contributed by atoms with Crippen LogP contribution in [0.25, 0.3) is 0 Å². The zero-order valence-electron chi connectivity index (χ0n) is 14.4. The standard InChI is InChI=1S/C18H17BrClNO5/c1-10-7-11(19)12(20)8-13(10)21-16(22)9-26-18(23)17-14(24-2)5-4-6-15(17)25-3/h4-8H,9H2,1-3H3,(H,21,22). The van der Waals surface area contributed by atoms with Crippen molar-refractivity contribution in [3.8, 4) is 11.5 Å². The first-order valence-corrected chi connectivity index (χ1v) is 8.68. The number of hydrogen-bond donors (Lipinski definition) is 1. The number of benzene rings is 2. The summed E-state index contributed by atoms with van der Waals surface area (Å²) in [4.78, 5) is 24.4. The van der Waals surface area contributed by atoms with Crippen molar-refractivity contribution in [3.63, 3.8) is 0 Å². The molecule has 138 valence electrons. The van der Waals surface area contributed by atoms with E-state index in [1.54, 1.807) is 30.3 Å². The van der Waals surface area contributed by atoms with Crippen LogP contribution < -0.4 is 14.8 Å². The molecule has 0 fully saturated rings. The van der Waals surface area contributed by atoms with Crippen molar-refractivity contribution >= 4 is 45.1 Å². The van der Waals surface area contributed by atoms with Crippen LogP contribution in [0.3, 0.4) is 0 Å². The highest BCUT2D eigenvalue weighted by Gasteiger charge is 2.20. The lowest BCUT2D eigenvalue weighted by Crippen LogP contribution is -2.22. The van der Waals surface area contributed by atoms with Gasteiger partial charge in [-0.2, -0.15) is 0 Å². The van der Waals surface area contributed by atoms with Gasteiger partial charge in [0.15, 0.2) is 6.61 Å². The molecule has 0 spiro atoms.